The molecule has 0 aliphatic heterocycles. The summed E-state index contributed by atoms with van der Waals surface area (Å²) in [6.07, 6.45) is 11.6. The van der Waals surface area contributed by atoms with Crippen LogP contribution in [-0.2, 0) is 10.8 Å². The lowest BCUT2D eigenvalue weighted by atomic mass is 9.65. The van der Waals surface area contributed by atoms with Gasteiger partial charge in [-0.1, -0.05) is 223 Å². The number of hydrogen-bond acceptors (Lipinski definition) is 6. The summed E-state index contributed by atoms with van der Waals surface area (Å²) < 4.78 is 19.3. The third-order valence-electron chi connectivity index (χ3n) is 19.6. The summed E-state index contributed by atoms with van der Waals surface area (Å²) >= 11 is 3.83. The molecule has 18 rings (SSSR count). The van der Waals surface area contributed by atoms with E-state index in [1.807, 2.05) is 22.7 Å². The van der Waals surface area contributed by atoms with Crippen molar-refractivity contribution in [1.82, 2.24) is 0 Å². The molecule has 1 spiro atoms. The summed E-state index contributed by atoms with van der Waals surface area (Å²) in [5, 5.41) is 9.33. The van der Waals surface area contributed by atoms with Gasteiger partial charge >= 0.3 is 0 Å². The normalized spacial score (nSPS) is 14.5. The first-order valence-corrected chi connectivity index (χ1v) is 32.8. The fourth-order valence-corrected chi connectivity index (χ4v) is 17.9. The minimum Gasteiger partial charge on any atom is -0.454 e. The second-order valence-corrected chi connectivity index (χ2v) is 28.7. The SMILES string of the molecule is CC(C)(C)C1=CC=C(N(c2cccc3c2oc2ccccc23)c2cc3c(c4sc5ccccc5c24)C=Cc2c(cc(N(c4ccc(C(C)(C)C)cc4)c4cccc5c4oc4ccccc45)c4c2sc2ccccc24)C32c3ccccc3-c3ccccc32)CC1. The standard InChI is InChI=1S/C83H62N2O2S2/c1-81(2,3)49-37-41-51(42-38-49)84(67-31-19-27-57-55-23-9-15-33-71(55)86-77(57)67)69-47-65-59(79-75(69)61-25-11-17-35-73(61)88-79)45-46-60-66(83(65)63-29-13-7-21-53(63)54-22-8-14-30-64(54)83)48-70(76-62-26-12-18-36-74(62)89-80(60)76)85(52-43-39-50(40-44-52)82(4,5)6)68-32-20-28-58-56-24-10-16-34-72(56)87-78(58)68/h7-39,41-43,45-48H,40,44H2,1-6H3. The van der Waals surface area contributed by atoms with Gasteiger partial charge in [-0.15, -0.1) is 22.7 Å². The first-order valence-electron chi connectivity index (χ1n) is 31.2. The number of para-hydroxylation sites is 4. The van der Waals surface area contributed by atoms with Crippen molar-refractivity contribution in [2.24, 2.45) is 5.41 Å². The number of benzene rings is 11. The van der Waals surface area contributed by atoms with Crippen LogP contribution in [-0.4, -0.2) is 0 Å². The lowest BCUT2D eigenvalue weighted by Crippen LogP contribution is -2.31. The van der Waals surface area contributed by atoms with E-state index in [-0.39, 0.29) is 10.8 Å². The largest absolute Gasteiger partial charge is 0.454 e. The van der Waals surface area contributed by atoms with Crippen LogP contribution in [0.1, 0.15) is 93.3 Å². The molecule has 0 fully saturated rings. The molecule has 0 amide bonds. The van der Waals surface area contributed by atoms with E-state index < -0.39 is 5.41 Å². The van der Waals surface area contributed by atoms with Crippen molar-refractivity contribution < 1.29 is 8.83 Å². The molecule has 0 saturated carbocycles. The third kappa shape index (κ3) is 7.57. The average Bonchev–Trinajstić information content (AvgIpc) is 1.53. The van der Waals surface area contributed by atoms with E-state index in [4.69, 9.17) is 8.83 Å². The van der Waals surface area contributed by atoms with Gasteiger partial charge in [-0.25, -0.2) is 0 Å². The molecule has 6 heteroatoms. The molecule has 11 aromatic carbocycles. The Bertz CT molecular complexity index is 5560. The zero-order valence-corrected chi connectivity index (χ0v) is 52.2. The molecule has 0 saturated heterocycles. The van der Waals surface area contributed by atoms with Gasteiger partial charge in [-0.05, 0) is 140 Å². The highest BCUT2D eigenvalue weighted by Gasteiger charge is 2.51. The molecular weight excluding hydrogens is 1120 g/mol. The van der Waals surface area contributed by atoms with Crippen LogP contribution in [0.3, 0.4) is 0 Å². The Morgan fingerprint density at radius 3 is 1.36 bits per heavy atom. The maximum Gasteiger partial charge on any atom is 0.159 e. The maximum atomic E-state index is 7.14. The van der Waals surface area contributed by atoms with Crippen LogP contribution in [0.15, 0.2) is 251 Å². The summed E-state index contributed by atoms with van der Waals surface area (Å²) in [6, 6.07) is 81.8. The number of thiophene rings is 2. The molecule has 15 aromatic rings. The van der Waals surface area contributed by atoms with Gasteiger partial charge in [0.2, 0.25) is 0 Å². The van der Waals surface area contributed by atoms with Crippen molar-refractivity contribution >= 4 is 147 Å². The lowest BCUT2D eigenvalue weighted by Gasteiger charge is -2.38. The fraction of sp³-hybridized carbons (Fsp3) is 0.133. The minimum atomic E-state index is -0.857. The van der Waals surface area contributed by atoms with Gasteiger partial charge in [0.1, 0.15) is 11.2 Å². The van der Waals surface area contributed by atoms with Crippen LogP contribution in [0.25, 0.3) is 108 Å². The highest BCUT2D eigenvalue weighted by atomic mass is 32.1. The van der Waals surface area contributed by atoms with Crippen LogP contribution < -0.4 is 9.80 Å². The number of fused-ring (bicyclic) bond motifs is 23. The molecular formula is C83H62N2O2S2. The summed E-state index contributed by atoms with van der Waals surface area (Å²) in [5.41, 5.74) is 21.9. The smallest absolute Gasteiger partial charge is 0.159 e. The molecule has 0 atom stereocenters. The molecule has 4 heterocycles. The second kappa shape index (κ2) is 19.1. The number of rotatable bonds is 6. The summed E-state index contributed by atoms with van der Waals surface area (Å²) in [4.78, 5) is 5.14. The number of anilines is 5. The molecule has 3 aliphatic rings. The Balaban J connectivity index is 1.02. The average molecular weight is 1180 g/mol. The Labute approximate surface area is 525 Å². The Morgan fingerprint density at radius 1 is 0.393 bits per heavy atom. The third-order valence-corrected chi connectivity index (χ3v) is 22.0. The predicted molar refractivity (Wildman–Crippen MR) is 380 cm³/mol. The van der Waals surface area contributed by atoms with Crippen molar-refractivity contribution in [1.29, 1.82) is 0 Å². The molecule has 428 valence electrons. The van der Waals surface area contributed by atoms with Gasteiger partial charge < -0.3 is 18.6 Å². The van der Waals surface area contributed by atoms with Gasteiger partial charge in [-0.2, -0.15) is 0 Å². The fourth-order valence-electron chi connectivity index (χ4n) is 15.4. The van der Waals surface area contributed by atoms with Crippen molar-refractivity contribution in [3.8, 4) is 11.1 Å². The molecule has 0 N–H and O–H groups in total. The van der Waals surface area contributed by atoms with Crippen LogP contribution in [0.5, 0.6) is 0 Å². The Hall–Kier alpha value is -9.72. The highest BCUT2D eigenvalue weighted by Crippen LogP contribution is 2.64. The first-order chi connectivity index (χ1) is 43.4. The molecule has 4 nitrogen and oxygen atoms in total. The van der Waals surface area contributed by atoms with Gasteiger partial charge in [-0.3, -0.25) is 0 Å². The second-order valence-electron chi connectivity index (χ2n) is 26.6. The maximum absolute atomic E-state index is 7.14. The van der Waals surface area contributed by atoms with E-state index in [1.54, 1.807) is 0 Å². The van der Waals surface area contributed by atoms with Crippen molar-refractivity contribution in [3.05, 3.63) is 281 Å². The van der Waals surface area contributed by atoms with E-state index in [1.165, 1.54) is 102 Å². The van der Waals surface area contributed by atoms with E-state index in [0.717, 1.165) is 85.2 Å². The van der Waals surface area contributed by atoms with Gasteiger partial charge in [0.05, 0.1) is 28.2 Å². The zero-order chi connectivity index (χ0) is 59.7. The number of allylic oxidation sites excluding steroid dienone is 4. The Morgan fingerprint density at radius 2 is 0.854 bits per heavy atom. The van der Waals surface area contributed by atoms with E-state index in [9.17, 15) is 0 Å². The van der Waals surface area contributed by atoms with Gasteiger partial charge in [0.25, 0.3) is 0 Å². The predicted octanol–water partition coefficient (Wildman–Crippen LogP) is 24.6. The quantitative estimate of drug-likeness (QED) is 0.166. The van der Waals surface area contributed by atoms with Crippen molar-refractivity contribution in [2.45, 2.75) is 65.2 Å². The highest BCUT2D eigenvalue weighted by molar-refractivity contribution is 7.26. The van der Waals surface area contributed by atoms with Crippen molar-refractivity contribution in [3.63, 3.8) is 0 Å². The number of furan rings is 2. The molecule has 0 bridgehead atoms. The van der Waals surface area contributed by atoms with Crippen molar-refractivity contribution in [2.75, 3.05) is 9.80 Å². The molecule has 89 heavy (non-hydrogen) atoms. The van der Waals surface area contributed by atoms with Crippen LogP contribution in [0.4, 0.5) is 28.4 Å². The molecule has 4 aromatic heterocycles. The monoisotopic (exact) mass is 1180 g/mol. The van der Waals surface area contributed by atoms with E-state index in [0.29, 0.717) is 0 Å². The van der Waals surface area contributed by atoms with Gasteiger partial charge in [0, 0.05) is 73.3 Å². The van der Waals surface area contributed by atoms with Gasteiger partial charge in [0.15, 0.2) is 11.2 Å². The first kappa shape index (κ1) is 52.4. The number of hydrogen-bond donors (Lipinski definition) is 0. The topological polar surface area (TPSA) is 32.8 Å². The number of nitrogens with zero attached hydrogens (tertiary/aromatic N) is 2. The minimum absolute atomic E-state index is 0.0323. The molecule has 0 unspecified atom stereocenters. The van der Waals surface area contributed by atoms with E-state index >= 15 is 0 Å². The van der Waals surface area contributed by atoms with E-state index in [2.05, 4.69) is 294 Å². The summed E-state index contributed by atoms with van der Waals surface area (Å²) in [6.45, 7) is 13.9. The molecule has 0 radical (unpaired) electrons. The zero-order valence-electron chi connectivity index (χ0n) is 50.5. The van der Waals surface area contributed by atoms with Crippen LogP contribution in [0, 0.1) is 5.41 Å². The van der Waals surface area contributed by atoms with Crippen LogP contribution >= 0.6 is 22.7 Å². The summed E-state index contributed by atoms with van der Waals surface area (Å²) in [5.74, 6) is 0. The lowest BCUT2D eigenvalue weighted by molar-refractivity contribution is 0.479. The Kier molecular flexibility index (Phi) is 11.3. The summed E-state index contributed by atoms with van der Waals surface area (Å²) in [7, 11) is 0. The molecule has 3 aliphatic carbocycles. The van der Waals surface area contributed by atoms with Crippen LogP contribution in [0.2, 0.25) is 0 Å².